The average molecular weight is 330 g/mol. The fraction of sp³-hybridized carbons (Fsp3) is 0.250. The molecule has 0 N–H and O–H groups in total. The van der Waals surface area contributed by atoms with Crippen LogP contribution in [0.15, 0.2) is 36.7 Å². The molecule has 2 rings (SSSR count). The predicted molar refractivity (Wildman–Crippen MR) is 69.8 cm³/mol. The van der Waals surface area contributed by atoms with Crippen molar-refractivity contribution in [3.05, 3.63) is 51.6 Å². The molecular weight excluding hydrogens is 318 g/mol. The molecule has 1 aromatic heterocycles. The third-order valence-electron chi connectivity index (χ3n) is 2.47. The molecule has 0 aliphatic heterocycles. The van der Waals surface area contributed by atoms with Crippen molar-refractivity contribution < 1.29 is 4.39 Å². The van der Waals surface area contributed by atoms with Crippen LogP contribution < -0.4 is 0 Å². The summed E-state index contributed by atoms with van der Waals surface area (Å²) >= 11 is 2.24. The van der Waals surface area contributed by atoms with Crippen molar-refractivity contribution in [2.75, 3.05) is 0 Å². The predicted octanol–water partition coefficient (Wildman–Crippen LogP) is 3.43. The summed E-state index contributed by atoms with van der Waals surface area (Å²) in [6, 6.07) is 6.92. The molecule has 0 bridgehead atoms. The molecule has 1 aromatic carbocycles. The summed E-state index contributed by atoms with van der Waals surface area (Å²) in [5.41, 5.74) is 1.12. The Morgan fingerprint density at radius 2 is 2.06 bits per heavy atom. The van der Waals surface area contributed by atoms with E-state index in [2.05, 4.69) is 34.6 Å². The highest BCUT2D eigenvalue weighted by Crippen LogP contribution is 2.15. The van der Waals surface area contributed by atoms with Gasteiger partial charge in [-0.05, 0) is 53.6 Å². The maximum absolute atomic E-state index is 12.7. The lowest BCUT2D eigenvalue weighted by Gasteiger charge is -2.11. The zero-order valence-electron chi connectivity index (χ0n) is 8.90. The van der Waals surface area contributed by atoms with E-state index in [0.717, 1.165) is 15.6 Å². The van der Waals surface area contributed by atoms with E-state index in [1.165, 1.54) is 12.1 Å². The van der Waals surface area contributed by atoms with Gasteiger partial charge in [0.1, 0.15) is 5.82 Å². The molecule has 1 heterocycles. The summed E-state index contributed by atoms with van der Waals surface area (Å²) in [6.07, 6.45) is 4.70. The van der Waals surface area contributed by atoms with Crippen molar-refractivity contribution in [2.24, 2.45) is 0 Å². The van der Waals surface area contributed by atoms with Crippen LogP contribution in [-0.2, 0) is 6.42 Å². The lowest BCUT2D eigenvalue weighted by Crippen LogP contribution is -2.08. The second kappa shape index (κ2) is 4.95. The normalized spacial score (nSPS) is 12.7. The summed E-state index contributed by atoms with van der Waals surface area (Å²) in [5.74, 6) is -0.190. The lowest BCUT2D eigenvalue weighted by molar-refractivity contribution is 0.488. The molecule has 4 heteroatoms. The van der Waals surface area contributed by atoms with Gasteiger partial charge in [-0.1, -0.05) is 12.1 Å². The zero-order chi connectivity index (χ0) is 11.5. The summed E-state index contributed by atoms with van der Waals surface area (Å²) in [6.45, 7) is 2.10. The van der Waals surface area contributed by atoms with E-state index in [1.807, 2.05) is 29.2 Å². The molecule has 0 spiro atoms. The number of benzene rings is 1. The van der Waals surface area contributed by atoms with Gasteiger partial charge in [0.05, 0.1) is 15.8 Å². The van der Waals surface area contributed by atoms with Crippen LogP contribution in [0.1, 0.15) is 18.5 Å². The molecule has 0 aliphatic rings. The Morgan fingerprint density at radius 1 is 1.38 bits per heavy atom. The number of nitrogens with zero attached hydrogens (tertiary/aromatic N) is 2. The van der Waals surface area contributed by atoms with Gasteiger partial charge in [-0.3, -0.25) is 4.68 Å². The summed E-state index contributed by atoms with van der Waals surface area (Å²) < 4.78 is 15.8. The van der Waals surface area contributed by atoms with Crippen LogP contribution in [0.5, 0.6) is 0 Å². The molecule has 2 aromatic rings. The highest BCUT2D eigenvalue weighted by molar-refractivity contribution is 14.1. The van der Waals surface area contributed by atoms with Gasteiger partial charge < -0.3 is 0 Å². The van der Waals surface area contributed by atoms with E-state index in [-0.39, 0.29) is 11.9 Å². The molecule has 0 radical (unpaired) electrons. The molecule has 0 aliphatic carbocycles. The first-order valence-electron chi connectivity index (χ1n) is 5.09. The van der Waals surface area contributed by atoms with Crippen LogP contribution in [0.25, 0.3) is 0 Å². The first-order chi connectivity index (χ1) is 7.65. The molecule has 0 amide bonds. The van der Waals surface area contributed by atoms with Gasteiger partial charge in [-0.25, -0.2) is 4.39 Å². The SMILES string of the molecule is CC(Cc1ccc(F)cc1)n1cc(I)cn1. The van der Waals surface area contributed by atoms with Crippen LogP contribution in [0.2, 0.25) is 0 Å². The standard InChI is InChI=1S/C12H12FIN2/c1-9(16-8-12(14)7-15-16)6-10-2-4-11(13)5-3-10/h2-5,7-9H,6H2,1H3. The Kier molecular flexibility index (Phi) is 3.58. The van der Waals surface area contributed by atoms with Crippen LogP contribution >= 0.6 is 22.6 Å². The molecule has 1 unspecified atom stereocenters. The molecule has 16 heavy (non-hydrogen) atoms. The minimum atomic E-state index is -0.190. The van der Waals surface area contributed by atoms with E-state index < -0.39 is 0 Å². The monoisotopic (exact) mass is 330 g/mol. The molecule has 0 saturated heterocycles. The van der Waals surface area contributed by atoms with Crippen LogP contribution in [-0.4, -0.2) is 9.78 Å². The maximum Gasteiger partial charge on any atom is 0.123 e. The summed E-state index contributed by atoms with van der Waals surface area (Å²) in [7, 11) is 0. The minimum absolute atomic E-state index is 0.190. The Morgan fingerprint density at radius 3 is 2.62 bits per heavy atom. The van der Waals surface area contributed by atoms with Gasteiger partial charge in [-0.2, -0.15) is 5.10 Å². The second-order valence-electron chi connectivity index (χ2n) is 3.82. The van der Waals surface area contributed by atoms with Crippen LogP contribution in [0, 0.1) is 9.39 Å². The van der Waals surface area contributed by atoms with Gasteiger partial charge in [-0.15, -0.1) is 0 Å². The van der Waals surface area contributed by atoms with Crippen molar-refractivity contribution in [3.8, 4) is 0 Å². The zero-order valence-corrected chi connectivity index (χ0v) is 11.1. The molecule has 2 nitrogen and oxygen atoms in total. The van der Waals surface area contributed by atoms with E-state index in [9.17, 15) is 4.39 Å². The minimum Gasteiger partial charge on any atom is -0.269 e. The third-order valence-corrected chi connectivity index (χ3v) is 3.02. The summed E-state index contributed by atoms with van der Waals surface area (Å²) in [4.78, 5) is 0. The maximum atomic E-state index is 12.7. The lowest BCUT2D eigenvalue weighted by atomic mass is 10.1. The quantitative estimate of drug-likeness (QED) is 0.789. The number of hydrogen-bond donors (Lipinski definition) is 0. The van der Waals surface area contributed by atoms with Crippen molar-refractivity contribution >= 4 is 22.6 Å². The smallest absolute Gasteiger partial charge is 0.123 e. The molecular formula is C12H12FIN2. The Hall–Kier alpha value is -0.910. The van der Waals surface area contributed by atoms with E-state index in [1.54, 1.807) is 0 Å². The third kappa shape index (κ3) is 2.81. The fourth-order valence-corrected chi connectivity index (χ4v) is 2.02. The highest BCUT2D eigenvalue weighted by atomic mass is 127. The van der Waals surface area contributed by atoms with Gasteiger partial charge in [0.15, 0.2) is 0 Å². The number of rotatable bonds is 3. The molecule has 84 valence electrons. The Balaban J connectivity index is 2.07. The Labute approximate surface area is 108 Å². The van der Waals surface area contributed by atoms with Crippen molar-refractivity contribution in [1.82, 2.24) is 9.78 Å². The van der Waals surface area contributed by atoms with Crippen molar-refractivity contribution in [1.29, 1.82) is 0 Å². The summed E-state index contributed by atoms with van der Waals surface area (Å²) in [5, 5.41) is 4.26. The topological polar surface area (TPSA) is 17.8 Å². The van der Waals surface area contributed by atoms with Gasteiger partial charge in [0.25, 0.3) is 0 Å². The van der Waals surface area contributed by atoms with Crippen LogP contribution in [0.3, 0.4) is 0 Å². The number of hydrogen-bond acceptors (Lipinski definition) is 1. The van der Waals surface area contributed by atoms with Crippen molar-refractivity contribution in [3.63, 3.8) is 0 Å². The van der Waals surface area contributed by atoms with Gasteiger partial charge in [0, 0.05) is 6.20 Å². The average Bonchev–Trinajstić information content (AvgIpc) is 2.68. The second-order valence-corrected chi connectivity index (χ2v) is 5.06. The Bertz CT molecular complexity index is 464. The van der Waals surface area contributed by atoms with Gasteiger partial charge in [0.2, 0.25) is 0 Å². The van der Waals surface area contributed by atoms with Crippen molar-refractivity contribution in [2.45, 2.75) is 19.4 Å². The number of aromatic nitrogens is 2. The van der Waals surface area contributed by atoms with E-state index >= 15 is 0 Å². The first kappa shape index (κ1) is 11.6. The molecule has 1 atom stereocenters. The fourth-order valence-electron chi connectivity index (χ4n) is 1.61. The highest BCUT2D eigenvalue weighted by Gasteiger charge is 2.07. The first-order valence-corrected chi connectivity index (χ1v) is 6.17. The van der Waals surface area contributed by atoms with E-state index in [4.69, 9.17) is 0 Å². The number of halogens is 2. The largest absolute Gasteiger partial charge is 0.269 e. The molecule has 0 fully saturated rings. The molecule has 0 saturated carbocycles. The van der Waals surface area contributed by atoms with E-state index in [0.29, 0.717) is 0 Å². The van der Waals surface area contributed by atoms with Crippen LogP contribution in [0.4, 0.5) is 4.39 Å². The van der Waals surface area contributed by atoms with Gasteiger partial charge >= 0.3 is 0 Å².